The fourth-order valence-corrected chi connectivity index (χ4v) is 5.71. The maximum absolute atomic E-state index is 13.3. The van der Waals surface area contributed by atoms with Crippen LogP contribution >= 0.6 is 11.3 Å². The molecular weight excluding hydrogens is 602 g/mol. The van der Waals surface area contributed by atoms with E-state index in [0.29, 0.717) is 24.3 Å². The second-order valence-electron chi connectivity index (χ2n) is 9.47. The minimum absolute atomic E-state index is 0. The summed E-state index contributed by atoms with van der Waals surface area (Å²) in [5, 5.41) is 8.43. The number of carbonyl (C=O) groups is 3. The highest BCUT2D eigenvalue weighted by molar-refractivity contribution is 7.80. The Kier molecular flexibility index (Phi) is 9.44. The number of amides is 2. The average molecular weight is 632 g/mol. The van der Waals surface area contributed by atoms with Crippen LogP contribution in [0.25, 0.3) is 0 Å². The molecule has 1 unspecified atom stereocenters. The molecule has 5 rings (SSSR count). The molecule has 1 aliphatic heterocycles. The first-order valence-corrected chi connectivity index (χ1v) is 14.8. The molecule has 0 radical (unpaired) electrons. The fourth-order valence-electron chi connectivity index (χ4n) is 4.75. The van der Waals surface area contributed by atoms with Crippen LogP contribution in [-0.2, 0) is 38.6 Å². The van der Waals surface area contributed by atoms with E-state index in [2.05, 4.69) is 19.7 Å². The lowest BCUT2D eigenvalue weighted by Crippen LogP contribution is -2.81. The van der Waals surface area contributed by atoms with E-state index in [9.17, 15) is 22.8 Å². The van der Waals surface area contributed by atoms with Crippen LogP contribution in [0.3, 0.4) is 0 Å². The number of carbonyl (C=O) groups excluding carboxylic acids is 3. The van der Waals surface area contributed by atoms with Gasteiger partial charge in [0.05, 0.1) is 0 Å². The number of rotatable bonds is 11. The number of nitrogens with zero attached hydrogens (tertiary/aromatic N) is 3. The first-order valence-electron chi connectivity index (χ1n) is 12.6. The van der Waals surface area contributed by atoms with Crippen LogP contribution in [0, 0.1) is 0 Å². The van der Waals surface area contributed by atoms with Crippen molar-refractivity contribution < 1.29 is 41.2 Å². The fraction of sp³-hybridized carbons (Fsp3) is 0.296. The van der Waals surface area contributed by atoms with Crippen molar-refractivity contribution >= 4 is 50.4 Å². The minimum atomic E-state index is -4.96. The maximum atomic E-state index is 13.3. The molecule has 43 heavy (non-hydrogen) atoms. The van der Waals surface area contributed by atoms with Crippen molar-refractivity contribution in [3.05, 3.63) is 82.9 Å². The zero-order valence-corrected chi connectivity index (χ0v) is 23.4. The standard InChI is InChI=1S/C26H25N5O9S2.CH4/c27-25-28-18(15-41-25)20(23(33)29-22-24(34)31(40-42(35,36)37)26(22)12-7-13-26)30-38-14-19(32)39-21(16-8-3-1-4-9-16)17-10-5-2-6-11-17;/h1-6,8-11,15,21-22H,7,12-14H2,(H2,27,28)(H,29,33)(H,35,36,37);1H4/b30-20-;. The van der Waals surface area contributed by atoms with Gasteiger partial charge in [0.15, 0.2) is 16.9 Å². The molecule has 1 saturated carbocycles. The molecule has 2 amide bonds. The van der Waals surface area contributed by atoms with Crippen LogP contribution in [0.15, 0.2) is 71.2 Å². The normalized spacial score (nSPS) is 17.4. The van der Waals surface area contributed by atoms with Crippen molar-refractivity contribution in [1.82, 2.24) is 15.4 Å². The molecule has 4 N–H and O–H groups in total. The number of oxime groups is 1. The van der Waals surface area contributed by atoms with Gasteiger partial charge >= 0.3 is 16.4 Å². The molecule has 1 atom stereocenters. The third-order valence-electron chi connectivity index (χ3n) is 6.82. The summed E-state index contributed by atoms with van der Waals surface area (Å²) in [6, 6.07) is 17.1. The molecule has 2 aromatic carbocycles. The number of β-lactam (4-membered cyclic amide) rings is 1. The van der Waals surface area contributed by atoms with E-state index in [4.69, 9.17) is 19.9 Å². The summed E-state index contributed by atoms with van der Waals surface area (Å²) < 4.78 is 41.5. The molecule has 2 aliphatic rings. The Bertz CT molecular complexity index is 1570. The minimum Gasteiger partial charge on any atom is -0.450 e. The molecule has 1 spiro atoms. The predicted octanol–water partition coefficient (Wildman–Crippen LogP) is 2.40. The van der Waals surface area contributed by atoms with Gasteiger partial charge in [-0.25, -0.2) is 9.78 Å². The highest BCUT2D eigenvalue weighted by Crippen LogP contribution is 2.48. The van der Waals surface area contributed by atoms with E-state index in [1.165, 1.54) is 5.38 Å². The highest BCUT2D eigenvalue weighted by Gasteiger charge is 2.66. The molecule has 1 saturated heterocycles. The van der Waals surface area contributed by atoms with E-state index in [1.807, 2.05) is 60.7 Å². The molecule has 2 heterocycles. The van der Waals surface area contributed by atoms with E-state index in [1.54, 1.807) is 0 Å². The number of benzene rings is 2. The number of thiazole rings is 1. The zero-order chi connectivity index (χ0) is 29.9. The largest absolute Gasteiger partial charge is 0.450 e. The number of nitrogen functional groups attached to an aromatic ring is 1. The second-order valence-corrected chi connectivity index (χ2v) is 11.4. The summed E-state index contributed by atoms with van der Waals surface area (Å²) in [5.74, 6) is -2.54. The van der Waals surface area contributed by atoms with Gasteiger partial charge in [-0.1, -0.05) is 73.2 Å². The number of hydroxylamine groups is 2. The maximum Gasteiger partial charge on any atom is 0.418 e. The quantitative estimate of drug-likeness (QED) is 0.0923. The van der Waals surface area contributed by atoms with E-state index >= 15 is 0 Å². The molecule has 16 heteroatoms. The van der Waals surface area contributed by atoms with Crippen molar-refractivity contribution in [3.63, 3.8) is 0 Å². The molecule has 1 aliphatic carbocycles. The summed E-state index contributed by atoms with van der Waals surface area (Å²) in [4.78, 5) is 47.9. The van der Waals surface area contributed by atoms with Gasteiger partial charge in [-0.15, -0.1) is 15.6 Å². The van der Waals surface area contributed by atoms with Crippen LogP contribution in [0.5, 0.6) is 0 Å². The number of nitrogens with two attached hydrogens (primary N) is 1. The van der Waals surface area contributed by atoms with Gasteiger partial charge in [0.2, 0.25) is 6.61 Å². The Morgan fingerprint density at radius 1 is 1.14 bits per heavy atom. The molecule has 3 aromatic rings. The van der Waals surface area contributed by atoms with Gasteiger partial charge in [-0.05, 0) is 30.4 Å². The van der Waals surface area contributed by atoms with E-state index in [0.717, 1.165) is 22.5 Å². The summed E-state index contributed by atoms with van der Waals surface area (Å²) >= 11 is 1.02. The lowest BCUT2D eigenvalue weighted by atomic mass is 9.65. The molecule has 1 aromatic heterocycles. The first kappa shape index (κ1) is 31.6. The average Bonchev–Trinajstić information content (AvgIpc) is 3.38. The van der Waals surface area contributed by atoms with Gasteiger partial charge < -0.3 is 20.6 Å². The van der Waals surface area contributed by atoms with Crippen molar-refractivity contribution in [1.29, 1.82) is 0 Å². The van der Waals surface area contributed by atoms with Crippen LogP contribution in [-0.4, -0.2) is 64.7 Å². The number of hydrogen-bond donors (Lipinski definition) is 3. The van der Waals surface area contributed by atoms with Crippen molar-refractivity contribution in [2.45, 2.75) is 44.4 Å². The van der Waals surface area contributed by atoms with Crippen molar-refractivity contribution in [2.24, 2.45) is 5.16 Å². The number of aromatic nitrogens is 1. The summed E-state index contributed by atoms with van der Waals surface area (Å²) in [6.45, 7) is -0.658. The lowest BCUT2D eigenvalue weighted by Gasteiger charge is -2.59. The van der Waals surface area contributed by atoms with Gasteiger partial charge in [0.25, 0.3) is 11.8 Å². The predicted molar refractivity (Wildman–Crippen MR) is 155 cm³/mol. The second kappa shape index (κ2) is 12.9. The molecular formula is C27H29N5O9S2. The van der Waals surface area contributed by atoms with Crippen molar-refractivity contribution in [3.8, 4) is 0 Å². The smallest absolute Gasteiger partial charge is 0.418 e. The number of anilines is 1. The summed E-state index contributed by atoms with van der Waals surface area (Å²) in [7, 11) is -4.96. The third-order valence-corrected chi connectivity index (χ3v) is 7.84. The van der Waals surface area contributed by atoms with Crippen LogP contribution < -0.4 is 11.1 Å². The Morgan fingerprint density at radius 2 is 1.74 bits per heavy atom. The number of hydrogen-bond acceptors (Lipinski definition) is 12. The first-order chi connectivity index (χ1) is 20.1. The van der Waals surface area contributed by atoms with Gasteiger partial charge in [-0.2, -0.15) is 13.5 Å². The summed E-state index contributed by atoms with van der Waals surface area (Å²) in [6.07, 6.45) is 0.556. The summed E-state index contributed by atoms with van der Waals surface area (Å²) in [5.41, 5.74) is 5.69. The monoisotopic (exact) mass is 631 g/mol. The van der Waals surface area contributed by atoms with E-state index < -0.39 is 52.5 Å². The van der Waals surface area contributed by atoms with Crippen LogP contribution in [0.1, 0.15) is 49.6 Å². The zero-order valence-electron chi connectivity index (χ0n) is 21.8. The Hall–Kier alpha value is -4.38. The number of nitrogens with one attached hydrogen (secondary N) is 1. The molecule has 2 fully saturated rings. The van der Waals surface area contributed by atoms with Crippen LogP contribution in [0.2, 0.25) is 0 Å². The third kappa shape index (κ3) is 6.83. The Balaban J connectivity index is 0.00000423. The van der Waals surface area contributed by atoms with Crippen LogP contribution in [0.4, 0.5) is 5.13 Å². The lowest BCUT2D eigenvalue weighted by molar-refractivity contribution is -0.243. The Morgan fingerprint density at radius 3 is 2.23 bits per heavy atom. The number of ether oxygens (including phenoxy) is 1. The molecule has 0 bridgehead atoms. The Labute approximate surface area is 251 Å². The molecule has 14 nitrogen and oxygen atoms in total. The molecule has 228 valence electrons. The SMILES string of the molecule is C.Nc1nc(/C(=N/OCC(=O)OC(c2ccccc2)c2ccccc2)C(=O)NC2C(=O)N(OS(=O)(=O)O)C23CCC3)cs1. The van der Waals surface area contributed by atoms with Gasteiger partial charge in [0, 0.05) is 5.38 Å². The van der Waals surface area contributed by atoms with E-state index in [-0.39, 0.29) is 24.0 Å². The topological polar surface area (TPSA) is 200 Å². The number of esters is 1. The highest BCUT2D eigenvalue weighted by atomic mass is 32.3. The van der Waals surface area contributed by atoms with Gasteiger partial charge in [-0.3, -0.25) is 14.1 Å². The van der Waals surface area contributed by atoms with Gasteiger partial charge in [0.1, 0.15) is 17.3 Å². The van der Waals surface area contributed by atoms with Crippen molar-refractivity contribution in [2.75, 3.05) is 12.3 Å².